The Hall–Kier alpha value is -0.980. The van der Waals surface area contributed by atoms with Crippen molar-refractivity contribution in [3.05, 3.63) is 30.3 Å². The largest absolute Gasteiger partial charge is 0.372 e. The second-order valence-electron chi connectivity index (χ2n) is 6.30. The number of benzene rings is 1. The summed E-state index contributed by atoms with van der Waals surface area (Å²) in [5, 5.41) is 0. The molecule has 0 saturated heterocycles. The lowest BCUT2D eigenvalue weighted by Gasteiger charge is -2.30. The van der Waals surface area contributed by atoms with Gasteiger partial charge < -0.3 is 4.90 Å². The molecule has 1 unspecified atom stereocenters. The van der Waals surface area contributed by atoms with Gasteiger partial charge in [0.25, 0.3) is 0 Å². The van der Waals surface area contributed by atoms with Gasteiger partial charge in [-0.15, -0.1) is 0 Å². The molecule has 1 heteroatoms. The maximum Gasteiger partial charge on any atom is 0.0366 e. The summed E-state index contributed by atoms with van der Waals surface area (Å²) in [6.07, 6.45) is 13.7. The number of rotatable bonds is 12. The minimum atomic E-state index is 0.709. The minimum absolute atomic E-state index is 0.709. The molecular formula is C20H35N. The highest BCUT2D eigenvalue weighted by atomic mass is 15.1. The van der Waals surface area contributed by atoms with E-state index in [1.165, 1.54) is 69.9 Å². The summed E-state index contributed by atoms with van der Waals surface area (Å²) in [6.45, 7) is 4.58. The van der Waals surface area contributed by atoms with Crippen LogP contribution in [-0.4, -0.2) is 13.1 Å². The highest BCUT2D eigenvalue weighted by molar-refractivity contribution is 5.46. The van der Waals surface area contributed by atoms with Gasteiger partial charge in [-0.05, 0) is 25.0 Å². The van der Waals surface area contributed by atoms with Crippen molar-refractivity contribution in [1.29, 1.82) is 0 Å². The molecule has 0 radical (unpaired) electrons. The van der Waals surface area contributed by atoms with Crippen molar-refractivity contribution >= 4 is 5.69 Å². The first-order chi connectivity index (χ1) is 10.3. The number of nitrogens with zero attached hydrogens (tertiary/aromatic N) is 1. The summed E-state index contributed by atoms with van der Waals surface area (Å²) in [4.78, 5) is 2.51. The molecule has 0 spiro atoms. The van der Waals surface area contributed by atoms with Gasteiger partial charge in [-0.3, -0.25) is 0 Å². The first-order valence-electron chi connectivity index (χ1n) is 9.07. The van der Waals surface area contributed by atoms with E-state index in [1.807, 2.05) is 0 Å². The SMILES string of the molecule is CCCCCCCC(CCCCC)N(C)c1ccccc1. The van der Waals surface area contributed by atoms with Crippen molar-refractivity contribution in [2.45, 2.75) is 84.1 Å². The molecule has 0 aliphatic heterocycles. The number of unbranched alkanes of at least 4 members (excludes halogenated alkanes) is 6. The van der Waals surface area contributed by atoms with Gasteiger partial charge in [0, 0.05) is 18.8 Å². The molecule has 0 fully saturated rings. The smallest absolute Gasteiger partial charge is 0.0366 e. The van der Waals surface area contributed by atoms with Gasteiger partial charge >= 0.3 is 0 Å². The van der Waals surface area contributed by atoms with Gasteiger partial charge in [0.1, 0.15) is 0 Å². The van der Waals surface area contributed by atoms with E-state index in [4.69, 9.17) is 0 Å². The molecule has 1 nitrogen and oxygen atoms in total. The van der Waals surface area contributed by atoms with E-state index in [1.54, 1.807) is 0 Å². The van der Waals surface area contributed by atoms with Crippen LogP contribution in [0.3, 0.4) is 0 Å². The van der Waals surface area contributed by atoms with Gasteiger partial charge in [-0.2, -0.15) is 0 Å². The Bertz CT molecular complexity index is 333. The summed E-state index contributed by atoms with van der Waals surface area (Å²) >= 11 is 0. The fraction of sp³-hybridized carbons (Fsp3) is 0.700. The number of hydrogen-bond acceptors (Lipinski definition) is 1. The van der Waals surface area contributed by atoms with Crippen LogP contribution in [0.1, 0.15) is 78.1 Å². The molecule has 0 aliphatic rings. The van der Waals surface area contributed by atoms with E-state index in [0.29, 0.717) is 6.04 Å². The summed E-state index contributed by atoms with van der Waals surface area (Å²) in [6, 6.07) is 11.6. The van der Waals surface area contributed by atoms with Gasteiger partial charge in [0.05, 0.1) is 0 Å². The first kappa shape index (κ1) is 18.1. The monoisotopic (exact) mass is 289 g/mol. The molecule has 120 valence electrons. The number of anilines is 1. The Balaban J connectivity index is 2.46. The number of hydrogen-bond donors (Lipinski definition) is 0. The van der Waals surface area contributed by atoms with Crippen LogP contribution >= 0.6 is 0 Å². The third kappa shape index (κ3) is 7.55. The van der Waals surface area contributed by atoms with E-state index in [-0.39, 0.29) is 0 Å². The zero-order chi connectivity index (χ0) is 15.3. The van der Waals surface area contributed by atoms with Gasteiger partial charge in [-0.25, -0.2) is 0 Å². The summed E-state index contributed by atoms with van der Waals surface area (Å²) < 4.78 is 0. The van der Waals surface area contributed by atoms with Crippen molar-refractivity contribution in [3.8, 4) is 0 Å². The van der Waals surface area contributed by atoms with Gasteiger partial charge in [0.15, 0.2) is 0 Å². The third-order valence-corrected chi connectivity index (χ3v) is 4.49. The molecule has 0 N–H and O–H groups in total. The van der Waals surface area contributed by atoms with Crippen molar-refractivity contribution in [1.82, 2.24) is 0 Å². The predicted octanol–water partition coefficient (Wildman–Crippen LogP) is 6.43. The molecule has 1 rings (SSSR count). The minimum Gasteiger partial charge on any atom is -0.372 e. The predicted molar refractivity (Wildman–Crippen MR) is 96.2 cm³/mol. The molecule has 0 saturated carbocycles. The third-order valence-electron chi connectivity index (χ3n) is 4.49. The van der Waals surface area contributed by atoms with E-state index in [2.05, 4.69) is 56.1 Å². The van der Waals surface area contributed by atoms with Crippen LogP contribution in [0.4, 0.5) is 5.69 Å². The molecule has 0 aromatic heterocycles. The fourth-order valence-corrected chi connectivity index (χ4v) is 3.02. The standard InChI is InChI=1S/C20H35N/c1-4-6-8-9-12-16-19(15-11-7-5-2)21(3)20-17-13-10-14-18-20/h10,13-14,17-19H,4-9,11-12,15-16H2,1-3H3. The van der Waals surface area contributed by atoms with Crippen LogP contribution in [0.25, 0.3) is 0 Å². The second kappa shape index (κ2) is 11.7. The zero-order valence-electron chi connectivity index (χ0n) is 14.5. The molecule has 0 heterocycles. The van der Waals surface area contributed by atoms with E-state index >= 15 is 0 Å². The Labute approximate surface area is 132 Å². The normalized spacial score (nSPS) is 12.3. The summed E-state index contributed by atoms with van der Waals surface area (Å²) in [5.41, 5.74) is 1.37. The Morgan fingerprint density at radius 1 is 0.762 bits per heavy atom. The molecule has 0 aliphatic carbocycles. The molecule has 21 heavy (non-hydrogen) atoms. The first-order valence-corrected chi connectivity index (χ1v) is 9.07. The van der Waals surface area contributed by atoms with Crippen LogP contribution in [0, 0.1) is 0 Å². The average Bonchev–Trinajstić information content (AvgIpc) is 2.53. The van der Waals surface area contributed by atoms with E-state index in [9.17, 15) is 0 Å². The quantitative estimate of drug-likeness (QED) is 0.401. The van der Waals surface area contributed by atoms with Crippen molar-refractivity contribution < 1.29 is 0 Å². The van der Waals surface area contributed by atoms with Crippen LogP contribution in [-0.2, 0) is 0 Å². The van der Waals surface area contributed by atoms with Crippen LogP contribution in [0.2, 0.25) is 0 Å². The Morgan fingerprint density at radius 3 is 1.90 bits per heavy atom. The van der Waals surface area contributed by atoms with Crippen molar-refractivity contribution in [3.63, 3.8) is 0 Å². The number of para-hydroxylation sites is 1. The zero-order valence-corrected chi connectivity index (χ0v) is 14.5. The molecule has 1 atom stereocenters. The highest BCUT2D eigenvalue weighted by Crippen LogP contribution is 2.22. The van der Waals surface area contributed by atoms with Crippen LogP contribution in [0.15, 0.2) is 30.3 Å². The Morgan fingerprint density at radius 2 is 1.29 bits per heavy atom. The molecule has 0 bridgehead atoms. The lowest BCUT2D eigenvalue weighted by atomic mass is 9.99. The van der Waals surface area contributed by atoms with E-state index in [0.717, 1.165) is 0 Å². The maximum atomic E-state index is 2.51. The highest BCUT2D eigenvalue weighted by Gasteiger charge is 2.14. The Kier molecular flexibility index (Phi) is 10.0. The molecule has 0 amide bonds. The fourth-order valence-electron chi connectivity index (χ4n) is 3.02. The lowest BCUT2D eigenvalue weighted by Crippen LogP contribution is -2.31. The van der Waals surface area contributed by atoms with Gasteiger partial charge in [-0.1, -0.05) is 83.4 Å². The lowest BCUT2D eigenvalue weighted by molar-refractivity contribution is 0.478. The molecular weight excluding hydrogens is 254 g/mol. The molecule has 1 aromatic rings. The van der Waals surface area contributed by atoms with Crippen molar-refractivity contribution in [2.24, 2.45) is 0 Å². The second-order valence-corrected chi connectivity index (χ2v) is 6.30. The summed E-state index contributed by atoms with van der Waals surface area (Å²) in [7, 11) is 2.28. The molecule has 1 aromatic carbocycles. The van der Waals surface area contributed by atoms with E-state index < -0.39 is 0 Å². The maximum absolute atomic E-state index is 2.51. The summed E-state index contributed by atoms with van der Waals surface area (Å²) in [5.74, 6) is 0. The van der Waals surface area contributed by atoms with Gasteiger partial charge in [0.2, 0.25) is 0 Å². The average molecular weight is 290 g/mol. The van der Waals surface area contributed by atoms with Crippen LogP contribution in [0.5, 0.6) is 0 Å². The van der Waals surface area contributed by atoms with Crippen LogP contribution < -0.4 is 4.90 Å². The van der Waals surface area contributed by atoms with Crippen molar-refractivity contribution in [2.75, 3.05) is 11.9 Å². The topological polar surface area (TPSA) is 3.24 Å².